The average Bonchev–Trinajstić information content (AvgIpc) is 2.47. The Bertz CT molecular complexity index is 721. The predicted molar refractivity (Wildman–Crippen MR) is 80.4 cm³/mol. The second kappa shape index (κ2) is 6.00. The minimum atomic E-state index is -0.607. The van der Waals surface area contributed by atoms with Crippen molar-refractivity contribution < 1.29 is 9.18 Å². The highest BCUT2D eigenvalue weighted by molar-refractivity contribution is 6.15. The molecule has 0 aromatic heterocycles. The molecule has 0 atom stereocenters. The molecule has 0 fully saturated rings. The van der Waals surface area contributed by atoms with Crippen molar-refractivity contribution in [2.45, 2.75) is 0 Å². The topological polar surface area (TPSA) is 93.0 Å². The fourth-order valence-corrected chi connectivity index (χ4v) is 1.89. The van der Waals surface area contributed by atoms with Gasteiger partial charge in [-0.1, -0.05) is 30.3 Å². The molecule has 0 unspecified atom stereocenters. The highest BCUT2D eigenvalue weighted by atomic mass is 19.1. The molecular formula is C16H14FN3O. The van der Waals surface area contributed by atoms with Gasteiger partial charge in [0.25, 0.3) is 0 Å². The van der Waals surface area contributed by atoms with E-state index in [0.717, 1.165) is 0 Å². The number of carbonyl (C=O) groups is 1. The molecule has 4 nitrogen and oxygen atoms in total. The average molecular weight is 283 g/mol. The van der Waals surface area contributed by atoms with Gasteiger partial charge in [0.05, 0.1) is 5.71 Å². The molecule has 2 aromatic rings. The number of nitrogens with one attached hydrogen (secondary N) is 1. The Labute approximate surface area is 121 Å². The predicted octanol–water partition coefficient (Wildman–Crippen LogP) is 2.29. The summed E-state index contributed by atoms with van der Waals surface area (Å²) in [7, 11) is 0. The normalized spacial score (nSPS) is 11.2. The van der Waals surface area contributed by atoms with Crippen LogP contribution in [0.15, 0.2) is 54.6 Å². The van der Waals surface area contributed by atoms with Crippen LogP contribution in [0, 0.1) is 11.2 Å². The number of hydrogen-bond acceptors (Lipinski definition) is 3. The monoisotopic (exact) mass is 283 g/mol. The molecular weight excluding hydrogens is 269 g/mol. The third kappa shape index (κ3) is 3.33. The molecule has 21 heavy (non-hydrogen) atoms. The summed E-state index contributed by atoms with van der Waals surface area (Å²) in [5.41, 5.74) is 12.8. The van der Waals surface area contributed by atoms with Crippen molar-refractivity contribution in [2.75, 3.05) is 0 Å². The largest absolute Gasteiger partial charge is 0.398 e. The van der Waals surface area contributed by atoms with Gasteiger partial charge >= 0.3 is 0 Å². The van der Waals surface area contributed by atoms with Crippen molar-refractivity contribution in [3.63, 3.8) is 0 Å². The fraction of sp³-hybridized carbons (Fsp3) is 0. The third-order valence-electron chi connectivity index (χ3n) is 2.96. The lowest BCUT2D eigenvalue weighted by molar-refractivity contribution is 0.1000. The van der Waals surface area contributed by atoms with Crippen molar-refractivity contribution in [3.8, 4) is 0 Å². The van der Waals surface area contributed by atoms with Crippen molar-refractivity contribution >= 4 is 17.3 Å². The Morgan fingerprint density at radius 2 is 1.57 bits per heavy atom. The minimum absolute atomic E-state index is 0.0613. The van der Waals surface area contributed by atoms with E-state index in [0.29, 0.717) is 16.8 Å². The van der Waals surface area contributed by atoms with Gasteiger partial charge in [-0.3, -0.25) is 4.79 Å². The molecule has 5 heteroatoms. The minimum Gasteiger partial charge on any atom is -0.398 e. The molecule has 0 saturated heterocycles. The Hall–Kier alpha value is -2.95. The zero-order valence-electron chi connectivity index (χ0n) is 11.1. The van der Waals surface area contributed by atoms with Crippen LogP contribution in [0.2, 0.25) is 0 Å². The summed E-state index contributed by atoms with van der Waals surface area (Å²) < 4.78 is 12.9. The van der Waals surface area contributed by atoms with Crippen LogP contribution < -0.4 is 11.5 Å². The lowest BCUT2D eigenvalue weighted by Crippen LogP contribution is -2.16. The van der Waals surface area contributed by atoms with E-state index in [1.807, 2.05) is 0 Å². The first-order valence-electron chi connectivity index (χ1n) is 6.20. The Balaban J connectivity index is 2.35. The van der Waals surface area contributed by atoms with Crippen LogP contribution in [-0.4, -0.2) is 11.6 Å². The maximum Gasteiger partial charge on any atom is 0.249 e. The lowest BCUT2D eigenvalue weighted by atomic mass is 10.0. The summed E-state index contributed by atoms with van der Waals surface area (Å²) in [6.45, 7) is 0. The number of nitrogens with two attached hydrogens (primary N) is 2. The van der Waals surface area contributed by atoms with E-state index in [-0.39, 0.29) is 17.1 Å². The molecule has 0 aliphatic carbocycles. The first kappa shape index (κ1) is 14.5. The van der Waals surface area contributed by atoms with Gasteiger partial charge in [0.1, 0.15) is 5.82 Å². The molecule has 0 saturated carbocycles. The molecule has 2 aromatic carbocycles. The van der Waals surface area contributed by atoms with Gasteiger partial charge < -0.3 is 16.9 Å². The van der Waals surface area contributed by atoms with E-state index in [1.165, 1.54) is 30.3 Å². The van der Waals surface area contributed by atoms with Gasteiger partial charge in [-0.15, -0.1) is 0 Å². The lowest BCUT2D eigenvalue weighted by Gasteiger charge is -2.07. The van der Waals surface area contributed by atoms with Gasteiger partial charge in [-0.2, -0.15) is 0 Å². The number of carbonyl (C=O) groups excluding carboxylic acids is 1. The van der Waals surface area contributed by atoms with E-state index in [2.05, 4.69) is 0 Å². The molecule has 106 valence electrons. The second-order valence-electron chi connectivity index (χ2n) is 4.43. The molecule has 1 amide bonds. The maximum atomic E-state index is 12.9. The zero-order valence-corrected chi connectivity index (χ0v) is 11.1. The molecule has 0 bridgehead atoms. The SMILES string of the molecule is N=C(/C=C(\N)c1ccc(F)cc1)c1ccccc1C(N)=O. The summed E-state index contributed by atoms with van der Waals surface area (Å²) >= 11 is 0. The third-order valence-corrected chi connectivity index (χ3v) is 2.96. The van der Waals surface area contributed by atoms with Gasteiger partial charge in [-0.25, -0.2) is 4.39 Å². The first-order chi connectivity index (χ1) is 9.99. The summed E-state index contributed by atoms with van der Waals surface area (Å²) in [4.78, 5) is 11.4. The first-order valence-corrected chi connectivity index (χ1v) is 6.20. The number of amides is 1. The molecule has 2 rings (SSSR count). The summed E-state index contributed by atoms with van der Waals surface area (Å²) in [5.74, 6) is -0.968. The van der Waals surface area contributed by atoms with Crippen molar-refractivity contribution in [3.05, 3.63) is 77.1 Å². The van der Waals surface area contributed by atoms with E-state index in [4.69, 9.17) is 16.9 Å². The summed E-state index contributed by atoms with van der Waals surface area (Å²) in [6.07, 6.45) is 1.41. The highest BCUT2D eigenvalue weighted by Crippen LogP contribution is 2.14. The highest BCUT2D eigenvalue weighted by Gasteiger charge is 2.10. The Morgan fingerprint density at radius 1 is 1.00 bits per heavy atom. The molecule has 5 N–H and O–H groups in total. The molecule has 0 aliphatic heterocycles. The van der Waals surface area contributed by atoms with Crippen LogP contribution in [0.3, 0.4) is 0 Å². The number of rotatable bonds is 4. The Kier molecular flexibility index (Phi) is 4.13. The van der Waals surface area contributed by atoms with Crippen LogP contribution in [0.4, 0.5) is 4.39 Å². The van der Waals surface area contributed by atoms with E-state index in [9.17, 15) is 9.18 Å². The maximum absolute atomic E-state index is 12.9. The molecule has 0 spiro atoms. The molecule has 0 aliphatic rings. The van der Waals surface area contributed by atoms with Crippen LogP contribution in [0.25, 0.3) is 5.70 Å². The van der Waals surface area contributed by atoms with Crippen LogP contribution in [-0.2, 0) is 0 Å². The van der Waals surface area contributed by atoms with Crippen molar-refractivity contribution in [2.24, 2.45) is 11.5 Å². The number of benzene rings is 2. The fourth-order valence-electron chi connectivity index (χ4n) is 1.89. The van der Waals surface area contributed by atoms with Gasteiger partial charge in [0.2, 0.25) is 5.91 Å². The van der Waals surface area contributed by atoms with Crippen molar-refractivity contribution in [1.82, 2.24) is 0 Å². The number of hydrogen-bond donors (Lipinski definition) is 3. The smallest absolute Gasteiger partial charge is 0.249 e. The van der Waals surface area contributed by atoms with E-state index in [1.54, 1.807) is 24.3 Å². The van der Waals surface area contributed by atoms with Crippen molar-refractivity contribution in [1.29, 1.82) is 5.41 Å². The van der Waals surface area contributed by atoms with E-state index >= 15 is 0 Å². The van der Waals surface area contributed by atoms with Gasteiger partial charge in [0, 0.05) is 16.8 Å². The van der Waals surface area contributed by atoms with Gasteiger partial charge in [0.15, 0.2) is 0 Å². The van der Waals surface area contributed by atoms with Gasteiger partial charge in [-0.05, 0) is 29.8 Å². The molecule has 0 radical (unpaired) electrons. The van der Waals surface area contributed by atoms with E-state index < -0.39 is 5.91 Å². The van der Waals surface area contributed by atoms with Crippen LogP contribution in [0.5, 0.6) is 0 Å². The Morgan fingerprint density at radius 3 is 2.14 bits per heavy atom. The quantitative estimate of drug-likeness (QED) is 0.751. The van der Waals surface area contributed by atoms with Crippen LogP contribution >= 0.6 is 0 Å². The number of allylic oxidation sites excluding steroid dienone is 1. The summed E-state index contributed by atoms with van der Waals surface area (Å²) in [6, 6.07) is 12.2. The zero-order chi connectivity index (χ0) is 15.4. The standard InChI is InChI=1S/C16H14FN3O/c17-11-7-5-10(6-8-11)14(18)9-15(19)12-3-1-2-4-13(12)16(20)21/h1-9,19H,18H2,(H2,20,21)/b14-9-,19-15?. The van der Waals surface area contributed by atoms with Crippen LogP contribution in [0.1, 0.15) is 21.5 Å². The number of primary amides is 1. The summed E-state index contributed by atoms with van der Waals surface area (Å²) in [5, 5.41) is 8.05. The second-order valence-corrected chi connectivity index (χ2v) is 4.43. The molecule has 0 heterocycles. The number of halogens is 1.